The van der Waals surface area contributed by atoms with Crippen LogP contribution in [0.15, 0.2) is 53.3 Å². The molecule has 140 valence electrons. The second kappa shape index (κ2) is 8.22. The molecule has 8 heteroatoms. The van der Waals surface area contributed by atoms with Crippen LogP contribution in [0.1, 0.15) is 33.5 Å². The van der Waals surface area contributed by atoms with Crippen LogP contribution in [0.3, 0.4) is 0 Å². The molecule has 0 unspecified atom stereocenters. The minimum Gasteiger partial charge on any atom is -0.493 e. The number of carbonyl (C=O) groups excluding carboxylic acids is 2. The first-order chi connectivity index (χ1) is 13.1. The van der Waals surface area contributed by atoms with E-state index in [1.807, 2.05) is 6.92 Å². The Morgan fingerprint density at radius 2 is 2.00 bits per heavy atom. The normalized spacial score (nSPS) is 10.4. The summed E-state index contributed by atoms with van der Waals surface area (Å²) in [7, 11) is 1.63. The second-order valence-electron chi connectivity index (χ2n) is 5.68. The highest BCUT2D eigenvalue weighted by Gasteiger charge is 2.20. The van der Waals surface area contributed by atoms with Crippen LogP contribution in [-0.2, 0) is 13.6 Å². The number of aryl methyl sites for hydroxylation is 1. The van der Waals surface area contributed by atoms with Gasteiger partial charge >= 0.3 is 0 Å². The number of hydrogen-bond acceptors (Lipinski definition) is 5. The zero-order valence-electron chi connectivity index (χ0n) is 15.1. The van der Waals surface area contributed by atoms with Gasteiger partial charge in [-0.05, 0) is 31.2 Å². The number of rotatable bonds is 7. The molecule has 2 N–H and O–H groups in total. The lowest BCUT2D eigenvalue weighted by Crippen LogP contribution is -2.26. The number of furan rings is 1. The fraction of sp³-hybridized carbons (Fsp3) is 0.211. The number of amides is 2. The number of para-hydroxylation sites is 1. The summed E-state index contributed by atoms with van der Waals surface area (Å²) in [6, 6.07) is 10.4. The van der Waals surface area contributed by atoms with Crippen LogP contribution in [0.2, 0.25) is 0 Å². The molecular formula is C19H20N4O4. The Bertz CT molecular complexity index is 931. The maximum atomic E-state index is 12.7. The smallest absolute Gasteiger partial charge is 0.272 e. The summed E-state index contributed by atoms with van der Waals surface area (Å²) in [5.41, 5.74) is 0.930. The number of ether oxygens (including phenoxy) is 1. The van der Waals surface area contributed by atoms with Crippen LogP contribution in [0.4, 0.5) is 5.69 Å². The van der Waals surface area contributed by atoms with Gasteiger partial charge in [0.05, 0.1) is 36.9 Å². The molecule has 0 aliphatic carbocycles. The molecule has 0 saturated heterocycles. The monoisotopic (exact) mass is 368 g/mol. The zero-order valence-corrected chi connectivity index (χ0v) is 15.1. The number of anilines is 1. The van der Waals surface area contributed by atoms with Crippen LogP contribution < -0.4 is 15.4 Å². The van der Waals surface area contributed by atoms with E-state index >= 15 is 0 Å². The predicted octanol–water partition coefficient (Wildman–Crippen LogP) is 2.59. The lowest BCUT2D eigenvalue weighted by atomic mass is 10.2. The molecule has 1 aromatic carbocycles. The summed E-state index contributed by atoms with van der Waals surface area (Å²) in [5, 5.41) is 9.55. The van der Waals surface area contributed by atoms with Crippen molar-refractivity contribution < 1.29 is 18.7 Å². The molecule has 3 aromatic rings. The van der Waals surface area contributed by atoms with E-state index in [9.17, 15) is 9.59 Å². The first kappa shape index (κ1) is 18.2. The number of carbonyl (C=O) groups is 2. The molecule has 2 aromatic heterocycles. The van der Waals surface area contributed by atoms with Gasteiger partial charge in [-0.2, -0.15) is 5.10 Å². The Morgan fingerprint density at radius 1 is 1.19 bits per heavy atom. The first-order valence-electron chi connectivity index (χ1n) is 8.46. The summed E-state index contributed by atoms with van der Waals surface area (Å²) in [4.78, 5) is 25.2. The molecule has 0 aliphatic heterocycles. The molecule has 0 bridgehead atoms. The summed E-state index contributed by atoms with van der Waals surface area (Å²) < 4.78 is 12.1. The molecule has 2 heterocycles. The molecule has 0 spiro atoms. The maximum Gasteiger partial charge on any atom is 0.272 e. The van der Waals surface area contributed by atoms with E-state index in [1.165, 1.54) is 17.1 Å². The number of hydrogen-bond donors (Lipinski definition) is 2. The topological polar surface area (TPSA) is 98.4 Å². The highest BCUT2D eigenvalue weighted by atomic mass is 16.5. The third-order valence-electron chi connectivity index (χ3n) is 3.84. The van der Waals surface area contributed by atoms with Crippen molar-refractivity contribution >= 4 is 17.5 Å². The SMILES string of the molecule is CCOc1ccccc1C(=O)Nc1cnn(C)c1C(=O)NCc1ccco1. The fourth-order valence-electron chi connectivity index (χ4n) is 2.59. The highest BCUT2D eigenvalue weighted by molar-refractivity contribution is 6.09. The molecule has 2 amide bonds. The molecule has 3 rings (SSSR count). The van der Waals surface area contributed by atoms with E-state index in [0.717, 1.165) is 0 Å². The summed E-state index contributed by atoms with van der Waals surface area (Å²) >= 11 is 0. The quantitative estimate of drug-likeness (QED) is 0.668. The van der Waals surface area contributed by atoms with E-state index in [-0.39, 0.29) is 24.1 Å². The maximum absolute atomic E-state index is 12.7. The standard InChI is InChI=1S/C19H20N4O4/c1-3-26-16-9-5-4-8-14(16)18(24)22-15-12-21-23(2)17(15)19(25)20-11-13-7-6-10-27-13/h4-10,12H,3,11H2,1-2H3,(H,20,25)(H,22,24). The van der Waals surface area contributed by atoms with Crippen molar-refractivity contribution in [2.24, 2.45) is 7.05 Å². The molecule has 0 radical (unpaired) electrons. The van der Waals surface area contributed by atoms with Crippen molar-refractivity contribution in [2.45, 2.75) is 13.5 Å². The zero-order chi connectivity index (χ0) is 19.2. The second-order valence-corrected chi connectivity index (χ2v) is 5.68. The first-order valence-corrected chi connectivity index (χ1v) is 8.46. The lowest BCUT2D eigenvalue weighted by Gasteiger charge is -2.11. The number of nitrogens with zero attached hydrogens (tertiary/aromatic N) is 2. The van der Waals surface area contributed by atoms with E-state index in [4.69, 9.17) is 9.15 Å². The molecular weight excluding hydrogens is 348 g/mol. The van der Waals surface area contributed by atoms with Gasteiger partial charge in [0, 0.05) is 7.05 Å². The van der Waals surface area contributed by atoms with Gasteiger partial charge in [0.25, 0.3) is 11.8 Å². The van der Waals surface area contributed by atoms with Gasteiger partial charge in [-0.3, -0.25) is 14.3 Å². The van der Waals surface area contributed by atoms with Gasteiger partial charge in [-0.1, -0.05) is 12.1 Å². The Balaban J connectivity index is 1.76. The minimum absolute atomic E-state index is 0.234. The lowest BCUT2D eigenvalue weighted by molar-refractivity contribution is 0.0939. The van der Waals surface area contributed by atoms with Gasteiger partial charge in [-0.15, -0.1) is 0 Å². The average Bonchev–Trinajstić information content (AvgIpc) is 3.30. The molecule has 8 nitrogen and oxygen atoms in total. The van der Waals surface area contributed by atoms with Crippen molar-refractivity contribution in [3.63, 3.8) is 0 Å². The van der Waals surface area contributed by atoms with Crippen molar-refractivity contribution in [1.82, 2.24) is 15.1 Å². The fourth-order valence-corrected chi connectivity index (χ4v) is 2.59. The Kier molecular flexibility index (Phi) is 5.55. The number of aromatic nitrogens is 2. The van der Waals surface area contributed by atoms with Gasteiger partial charge < -0.3 is 19.8 Å². The van der Waals surface area contributed by atoms with E-state index < -0.39 is 0 Å². The Morgan fingerprint density at radius 3 is 2.74 bits per heavy atom. The highest BCUT2D eigenvalue weighted by Crippen LogP contribution is 2.21. The summed E-state index contributed by atoms with van der Waals surface area (Å²) in [6.45, 7) is 2.52. The van der Waals surface area contributed by atoms with Crippen molar-refractivity contribution in [1.29, 1.82) is 0 Å². The van der Waals surface area contributed by atoms with E-state index in [0.29, 0.717) is 29.4 Å². The average molecular weight is 368 g/mol. The third-order valence-corrected chi connectivity index (χ3v) is 3.84. The Labute approximate surface area is 156 Å². The molecule has 0 saturated carbocycles. The molecule has 0 aliphatic rings. The number of nitrogens with one attached hydrogen (secondary N) is 2. The predicted molar refractivity (Wildman–Crippen MR) is 98.7 cm³/mol. The third kappa shape index (κ3) is 4.17. The molecule has 0 atom stereocenters. The largest absolute Gasteiger partial charge is 0.493 e. The van der Waals surface area contributed by atoms with Crippen LogP contribution in [0.25, 0.3) is 0 Å². The van der Waals surface area contributed by atoms with Gasteiger partial charge in [0.1, 0.15) is 17.2 Å². The van der Waals surface area contributed by atoms with Crippen molar-refractivity contribution in [2.75, 3.05) is 11.9 Å². The summed E-state index contributed by atoms with van der Waals surface area (Å²) in [5.74, 6) is 0.346. The van der Waals surface area contributed by atoms with E-state index in [1.54, 1.807) is 43.4 Å². The minimum atomic E-state index is -0.382. The van der Waals surface area contributed by atoms with Crippen LogP contribution in [-0.4, -0.2) is 28.2 Å². The van der Waals surface area contributed by atoms with Crippen LogP contribution in [0.5, 0.6) is 5.75 Å². The van der Waals surface area contributed by atoms with Crippen molar-refractivity contribution in [3.05, 3.63) is 65.9 Å². The van der Waals surface area contributed by atoms with Crippen molar-refractivity contribution in [3.8, 4) is 5.75 Å². The van der Waals surface area contributed by atoms with Gasteiger partial charge in [-0.25, -0.2) is 0 Å². The molecule has 0 fully saturated rings. The number of benzene rings is 1. The van der Waals surface area contributed by atoms with Crippen LogP contribution >= 0.6 is 0 Å². The summed E-state index contributed by atoms with van der Waals surface area (Å²) in [6.07, 6.45) is 2.97. The van der Waals surface area contributed by atoms with Gasteiger partial charge in [0.15, 0.2) is 0 Å². The van der Waals surface area contributed by atoms with Crippen LogP contribution in [0, 0.1) is 0 Å². The van der Waals surface area contributed by atoms with E-state index in [2.05, 4.69) is 15.7 Å². The Hall–Kier alpha value is -3.55. The molecule has 27 heavy (non-hydrogen) atoms. The van der Waals surface area contributed by atoms with Gasteiger partial charge in [0.2, 0.25) is 0 Å².